The molecule has 0 heterocycles. The highest BCUT2D eigenvalue weighted by Crippen LogP contribution is 2.43. The van der Waals surface area contributed by atoms with Crippen LogP contribution in [0.25, 0.3) is 0 Å². The van der Waals surface area contributed by atoms with E-state index in [-0.39, 0.29) is 25.7 Å². The number of nitrogens with two attached hydrogens (primary N) is 1. The average Bonchev–Trinajstić information content (AvgIpc) is 3.14. The molecule has 53 heavy (non-hydrogen) atoms. The van der Waals surface area contributed by atoms with Gasteiger partial charge in [-0.3, -0.25) is 13.8 Å². The zero-order valence-corrected chi connectivity index (χ0v) is 36.2. The summed E-state index contributed by atoms with van der Waals surface area (Å²) in [6.45, 7) is 4.25. The Balaban J connectivity index is 4.08. The third kappa shape index (κ3) is 39.5. The summed E-state index contributed by atoms with van der Waals surface area (Å²) in [6, 6.07) is -0.767. The van der Waals surface area contributed by atoms with E-state index in [1.807, 2.05) is 0 Å². The number of phosphoric acid groups is 1. The standard InChI is InChI=1S/C44H91N2O6P/c1-3-5-7-9-11-13-15-17-19-21-23-25-27-29-31-33-35-37-43(47)42(41-52-53(49,50)51-40-39-45)46-44(48)38-36-34-32-30-28-26-24-22-20-18-16-14-12-10-8-6-4-2/h42-43,47H,3-41,45H2,1-2H3,(H,46,48)(H,49,50)/t42-,43+/m0/s1. The summed E-state index contributed by atoms with van der Waals surface area (Å²) in [5, 5.41) is 13.8. The van der Waals surface area contributed by atoms with Crippen molar-refractivity contribution in [2.45, 2.75) is 257 Å². The Labute approximate surface area is 329 Å². The van der Waals surface area contributed by atoms with Crippen LogP contribution in [-0.4, -0.2) is 47.8 Å². The van der Waals surface area contributed by atoms with E-state index in [4.69, 9.17) is 14.8 Å². The number of carbonyl (C=O) groups is 1. The first-order chi connectivity index (χ1) is 25.9. The van der Waals surface area contributed by atoms with E-state index in [9.17, 15) is 19.4 Å². The maximum Gasteiger partial charge on any atom is 0.472 e. The fourth-order valence-corrected chi connectivity index (χ4v) is 7.96. The van der Waals surface area contributed by atoms with Crippen molar-refractivity contribution in [3.8, 4) is 0 Å². The maximum atomic E-state index is 12.8. The van der Waals surface area contributed by atoms with Crippen LogP contribution in [0.3, 0.4) is 0 Å². The van der Waals surface area contributed by atoms with Gasteiger partial charge in [0.1, 0.15) is 0 Å². The number of aliphatic hydroxyl groups excluding tert-OH is 1. The van der Waals surface area contributed by atoms with Crippen molar-refractivity contribution in [3.05, 3.63) is 0 Å². The van der Waals surface area contributed by atoms with Crippen molar-refractivity contribution in [2.75, 3.05) is 19.8 Å². The minimum Gasteiger partial charge on any atom is -0.391 e. The second kappa shape index (κ2) is 41.1. The Morgan fingerprint density at radius 3 is 1.21 bits per heavy atom. The summed E-state index contributed by atoms with van der Waals surface area (Å²) in [4.78, 5) is 22.8. The van der Waals surface area contributed by atoms with Gasteiger partial charge in [-0.25, -0.2) is 4.57 Å². The summed E-state index contributed by atoms with van der Waals surface area (Å²) < 4.78 is 22.2. The van der Waals surface area contributed by atoms with Crippen molar-refractivity contribution >= 4 is 13.7 Å². The lowest BCUT2D eigenvalue weighted by Gasteiger charge is -2.25. The molecule has 0 fully saturated rings. The minimum atomic E-state index is -4.31. The molecule has 9 heteroatoms. The first-order valence-electron chi connectivity index (χ1n) is 23.2. The summed E-state index contributed by atoms with van der Waals surface area (Å²) >= 11 is 0. The number of phosphoric ester groups is 1. The van der Waals surface area contributed by atoms with Crippen molar-refractivity contribution in [3.63, 3.8) is 0 Å². The lowest BCUT2D eigenvalue weighted by atomic mass is 10.0. The van der Waals surface area contributed by atoms with Gasteiger partial charge in [-0.15, -0.1) is 0 Å². The third-order valence-electron chi connectivity index (χ3n) is 10.7. The van der Waals surface area contributed by atoms with Gasteiger partial charge in [0.15, 0.2) is 0 Å². The zero-order valence-electron chi connectivity index (χ0n) is 35.3. The van der Waals surface area contributed by atoms with Crippen LogP contribution in [0.2, 0.25) is 0 Å². The van der Waals surface area contributed by atoms with Crippen molar-refractivity contribution < 1.29 is 28.4 Å². The number of hydrogen-bond acceptors (Lipinski definition) is 6. The van der Waals surface area contributed by atoms with Crippen LogP contribution < -0.4 is 11.1 Å². The van der Waals surface area contributed by atoms with Crippen LogP contribution in [0, 0.1) is 0 Å². The largest absolute Gasteiger partial charge is 0.472 e. The van der Waals surface area contributed by atoms with Crippen LogP contribution >= 0.6 is 7.82 Å². The monoisotopic (exact) mass is 775 g/mol. The highest BCUT2D eigenvalue weighted by atomic mass is 31.2. The average molecular weight is 775 g/mol. The molecule has 0 aliphatic heterocycles. The van der Waals surface area contributed by atoms with E-state index in [1.54, 1.807) is 0 Å². The molecule has 0 bridgehead atoms. The predicted molar refractivity (Wildman–Crippen MR) is 226 cm³/mol. The Hall–Kier alpha value is -0.500. The van der Waals surface area contributed by atoms with Crippen LogP contribution in [-0.2, 0) is 18.4 Å². The number of aliphatic hydroxyl groups is 1. The number of hydrogen-bond donors (Lipinski definition) is 4. The molecule has 0 aromatic carbocycles. The van der Waals surface area contributed by atoms with Crippen molar-refractivity contribution in [2.24, 2.45) is 5.73 Å². The van der Waals surface area contributed by atoms with E-state index < -0.39 is 20.0 Å². The molecule has 318 valence electrons. The van der Waals surface area contributed by atoms with E-state index in [0.717, 1.165) is 38.5 Å². The quantitative estimate of drug-likeness (QED) is 0.0358. The van der Waals surface area contributed by atoms with Gasteiger partial charge in [-0.2, -0.15) is 0 Å². The fraction of sp³-hybridized carbons (Fsp3) is 0.977. The molecule has 0 saturated heterocycles. The molecule has 0 spiro atoms. The third-order valence-corrected chi connectivity index (χ3v) is 11.7. The van der Waals surface area contributed by atoms with E-state index >= 15 is 0 Å². The SMILES string of the molecule is CCCCCCCCCCCCCCCCCCCC(=O)N[C@@H](COP(=O)(O)OCCN)[C@H](O)CCCCCCCCCCCCCCCCCCC. The van der Waals surface area contributed by atoms with Crippen molar-refractivity contribution in [1.82, 2.24) is 5.32 Å². The van der Waals surface area contributed by atoms with Crippen molar-refractivity contribution in [1.29, 1.82) is 0 Å². The molecular weight excluding hydrogens is 683 g/mol. The van der Waals surface area contributed by atoms with Gasteiger partial charge in [0, 0.05) is 13.0 Å². The summed E-state index contributed by atoms with van der Waals surface area (Å²) in [5.74, 6) is -0.156. The maximum absolute atomic E-state index is 12.8. The molecule has 0 aromatic rings. The normalized spacial score (nSPS) is 14.0. The summed E-state index contributed by atoms with van der Waals surface area (Å²) in [7, 11) is -4.31. The second-order valence-electron chi connectivity index (χ2n) is 16.0. The van der Waals surface area contributed by atoms with Crippen LogP contribution in [0.5, 0.6) is 0 Å². The number of nitrogens with one attached hydrogen (secondary N) is 1. The Bertz CT molecular complexity index is 804. The number of unbranched alkanes of at least 4 members (excludes halogenated alkanes) is 32. The molecule has 1 amide bonds. The van der Waals surface area contributed by atoms with E-state index in [0.29, 0.717) is 12.8 Å². The summed E-state index contributed by atoms with van der Waals surface area (Å²) in [6.07, 6.45) is 43.9. The van der Waals surface area contributed by atoms with Crippen LogP contribution in [0.15, 0.2) is 0 Å². The van der Waals surface area contributed by atoms with E-state index in [1.165, 1.54) is 180 Å². The second-order valence-corrected chi connectivity index (χ2v) is 17.4. The lowest BCUT2D eigenvalue weighted by molar-refractivity contribution is -0.123. The summed E-state index contributed by atoms with van der Waals surface area (Å²) in [5.41, 5.74) is 5.39. The molecule has 0 rings (SSSR count). The fourth-order valence-electron chi connectivity index (χ4n) is 7.20. The molecule has 5 N–H and O–H groups in total. The first-order valence-corrected chi connectivity index (χ1v) is 24.6. The molecule has 1 unspecified atom stereocenters. The molecule has 3 atom stereocenters. The number of amides is 1. The smallest absolute Gasteiger partial charge is 0.391 e. The van der Waals surface area contributed by atoms with Gasteiger partial charge in [-0.05, 0) is 12.8 Å². The highest BCUT2D eigenvalue weighted by Gasteiger charge is 2.27. The molecule has 0 aliphatic carbocycles. The molecular formula is C44H91N2O6P. The van der Waals surface area contributed by atoms with Gasteiger partial charge in [0.05, 0.1) is 25.4 Å². The Morgan fingerprint density at radius 2 is 0.868 bits per heavy atom. The molecule has 0 saturated carbocycles. The molecule has 0 aromatic heterocycles. The predicted octanol–water partition coefficient (Wildman–Crippen LogP) is 13.0. The van der Waals surface area contributed by atoms with Crippen LogP contribution in [0.1, 0.15) is 245 Å². The Kier molecular flexibility index (Phi) is 40.8. The number of carbonyl (C=O) groups excluding carboxylic acids is 1. The highest BCUT2D eigenvalue weighted by molar-refractivity contribution is 7.47. The van der Waals surface area contributed by atoms with Gasteiger partial charge in [0.25, 0.3) is 0 Å². The van der Waals surface area contributed by atoms with Crippen LogP contribution in [0.4, 0.5) is 0 Å². The topological polar surface area (TPSA) is 131 Å². The lowest BCUT2D eigenvalue weighted by Crippen LogP contribution is -2.46. The molecule has 0 aliphatic rings. The molecule has 0 radical (unpaired) electrons. The van der Waals surface area contributed by atoms with E-state index in [2.05, 4.69) is 19.2 Å². The zero-order chi connectivity index (χ0) is 38.9. The molecule has 8 nitrogen and oxygen atoms in total. The minimum absolute atomic E-state index is 0.0926. The Morgan fingerprint density at radius 1 is 0.547 bits per heavy atom. The van der Waals surface area contributed by atoms with Gasteiger partial charge in [0.2, 0.25) is 5.91 Å². The first kappa shape index (κ1) is 52.5. The van der Waals surface area contributed by atoms with Gasteiger partial charge < -0.3 is 21.1 Å². The van der Waals surface area contributed by atoms with Gasteiger partial charge in [-0.1, -0.05) is 226 Å². The number of rotatable bonds is 44. The van der Waals surface area contributed by atoms with Gasteiger partial charge >= 0.3 is 7.82 Å².